The second-order valence-corrected chi connectivity index (χ2v) is 10.1. The van der Waals surface area contributed by atoms with Crippen LogP contribution in [-0.2, 0) is 22.5 Å². The Balaban J connectivity index is 1.37. The van der Waals surface area contributed by atoms with E-state index in [2.05, 4.69) is 26.6 Å². The fourth-order valence-electron chi connectivity index (χ4n) is 4.16. The van der Waals surface area contributed by atoms with Gasteiger partial charge >= 0.3 is 12.1 Å². The SMILES string of the molecule is CCOC(=O)N1CCc2c(sc3c2C(=O)NC(c2cc(Br)ccc2OC(=O)/C=C/c2ccco2)N3)C1. The van der Waals surface area contributed by atoms with Crippen molar-refractivity contribution in [3.8, 4) is 5.75 Å². The Hall–Kier alpha value is -3.57. The molecule has 2 aromatic heterocycles. The minimum absolute atomic E-state index is 0.217. The van der Waals surface area contributed by atoms with E-state index in [0.717, 1.165) is 19.9 Å². The standard InChI is InChI=1S/C25H22BrN3O6S/c1-2-33-25(32)29-10-9-16-19(13-29)36-24-21(16)23(31)27-22(28-24)17-12-14(26)5-7-18(17)35-20(30)8-6-15-4-3-11-34-15/h3-8,11-12,22,28H,2,9-10,13H2,1H3,(H,27,31)/b8-6+. The third kappa shape index (κ3) is 4.89. The van der Waals surface area contributed by atoms with Crippen molar-refractivity contribution in [3.05, 3.63) is 74.5 Å². The number of nitrogens with one attached hydrogen (secondary N) is 2. The van der Waals surface area contributed by atoms with Crippen LogP contribution < -0.4 is 15.4 Å². The highest BCUT2D eigenvalue weighted by atomic mass is 79.9. The molecule has 1 unspecified atom stereocenters. The third-order valence-electron chi connectivity index (χ3n) is 5.78. The van der Waals surface area contributed by atoms with Crippen molar-refractivity contribution in [2.75, 3.05) is 18.5 Å². The van der Waals surface area contributed by atoms with E-state index in [-0.39, 0.29) is 12.0 Å². The number of benzene rings is 1. The maximum absolute atomic E-state index is 13.2. The first-order valence-electron chi connectivity index (χ1n) is 11.3. The van der Waals surface area contributed by atoms with Crippen LogP contribution in [0.2, 0.25) is 0 Å². The van der Waals surface area contributed by atoms with Crippen LogP contribution in [0.3, 0.4) is 0 Å². The third-order valence-corrected chi connectivity index (χ3v) is 7.42. The van der Waals surface area contributed by atoms with E-state index in [0.29, 0.717) is 48.8 Å². The van der Waals surface area contributed by atoms with Crippen molar-refractivity contribution in [2.24, 2.45) is 0 Å². The lowest BCUT2D eigenvalue weighted by Gasteiger charge is -2.29. The molecule has 4 heterocycles. The molecule has 1 aromatic carbocycles. The first-order valence-corrected chi connectivity index (χ1v) is 12.9. The number of hydrogen-bond donors (Lipinski definition) is 2. The average Bonchev–Trinajstić information content (AvgIpc) is 3.51. The number of anilines is 1. The summed E-state index contributed by atoms with van der Waals surface area (Å²) in [5.41, 5.74) is 2.13. The summed E-state index contributed by atoms with van der Waals surface area (Å²) in [6.07, 6.45) is 3.90. The molecular weight excluding hydrogens is 550 g/mol. The Morgan fingerprint density at radius 1 is 1.31 bits per heavy atom. The van der Waals surface area contributed by atoms with Gasteiger partial charge < -0.3 is 29.4 Å². The van der Waals surface area contributed by atoms with E-state index >= 15 is 0 Å². The van der Waals surface area contributed by atoms with E-state index in [4.69, 9.17) is 13.9 Å². The largest absolute Gasteiger partial charge is 0.465 e. The van der Waals surface area contributed by atoms with E-state index in [1.165, 1.54) is 29.8 Å². The van der Waals surface area contributed by atoms with E-state index in [1.54, 1.807) is 42.2 Å². The molecule has 0 aliphatic carbocycles. The average molecular weight is 572 g/mol. The van der Waals surface area contributed by atoms with Crippen LogP contribution in [0.1, 0.15) is 45.2 Å². The van der Waals surface area contributed by atoms with Crippen LogP contribution in [0, 0.1) is 0 Å². The first-order chi connectivity index (χ1) is 17.4. The fraction of sp³-hybridized carbons (Fsp3) is 0.240. The smallest absolute Gasteiger partial charge is 0.410 e. The minimum Gasteiger partial charge on any atom is -0.465 e. The molecule has 1 atom stereocenters. The zero-order chi connectivity index (χ0) is 25.2. The number of thiophene rings is 1. The summed E-state index contributed by atoms with van der Waals surface area (Å²) < 4.78 is 16.7. The molecule has 0 radical (unpaired) electrons. The van der Waals surface area contributed by atoms with Gasteiger partial charge in [0.05, 0.1) is 25.0 Å². The highest BCUT2D eigenvalue weighted by Crippen LogP contribution is 2.42. The number of furan rings is 1. The van der Waals surface area contributed by atoms with Crippen LogP contribution in [0.5, 0.6) is 5.75 Å². The second kappa shape index (κ2) is 10.2. The predicted octanol–water partition coefficient (Wildman–Crippen LogP) is 5.09. The van der Waals surface area contributed by atoms with Gasteiger partial charge in [0, 0.05) is 27.5 Å². The number of carbonyl (C=O) groups is 3. The van der Waals surface area contributed by atoms with Gasteiger partial charge in [-0.2, -0.15) is 0 Å². The van der Waals surface area contributed by atoms with Gasteiger partial charge in [-0.3, -0.25) is 4.79 Å². The molecule has 11 heteroatoms. The van der Waals surface area contributed by atoms with Gasteiger partial charge in [0.1, 0.15) is 22.7 Å². The van der Waals surface area contributed by atoms with E-state index < -0.39 is 12.1 Å². The number of esters is 1. The molecule has 2 aliphatic rings. The molecule has 186 valence electrons. The van der Waals surface area contributed by atoms with Crippen molar-refractivity contribution in [2.45, 2.75) is 26.1 Å². The molecule has 0 saturated heterocycles. The van der Waals surface area contributed by atoms with Crippen molar-refractivity contribution in [3.63, 3.8) is 0 Å². The Morgan fingerprint density at radius 3 is 2.94 bits per heavy atom. The number of fused-ring (bicyclic) bond motifs is 3. The Kier molecular flexibility index (Phi) is 6.84. The van der Waals surface area contributed by atoms with Crippen molar-refractivity contribution < 1.29 is 28.3 Å². The normalized spacial score (nSPS) is 16.7. The highest BCUT2D eigenvalue weighted by molar-refractivity contribution is 9.10. The van der Waals surface area contributed by atoms with Gasteiger partial charge in [0.2, 0.25) is 0 Å². The molecule has 0 spiro atoms. The molecule has 2 aliphatic heterocycles. The van der Waals surface area contributed by atoms with Crippen LogP contribution in [-0.4, -0.2) is 36.0 Å². The number of halogens is 1. The van der Waals surface area contributed by atoms with Crippen molar-refractivity contribution in [1.82, 2.24) is 10.2 Å². The Morgan fingerprint density at radius 2 is 2.17 bits per heavy atom. The zero-order valence-corrected chi connectivity index (χ0v) is 21.6. The van der Waals surface area contributed by atoms with Gasteiger partial charge in [0.15, 0.2) is 0 Å². The summed E-state index contributed by atoms with van der Waals surface area (Å²) in [4.78, 5) is 40.4. The van der Waals surface area contributed by atoms with Gasteiger partial charge in [-0.1, -0.05) is 15.9 Å². The molecule has 36 heavy (non-hydrogen) atoms. The molecule has 5 rings (SSSR count). The monoisotopic (exact) mass is 571 g/mol. The lowest BCUT2D eigenvalue weighted by atomic mass is 10.0. The number of rotatable bonds is 5. The zero-order valence-electron chi connectivity index (χ0n) is 19.2. The number of ether oxygens (including phenoxy) is 2. The summed E-state index contributed by atoms with van der Waals surface area (Å²) in [6.45, 7) is 2.97. The summed E-state index contributed by atoms with van der Waals surface area (Å²) in [5, 5.41) is 7.07. The van der Waals surface area contributed by atoms with Crippen LogP contribution >= 0.6 is 27.3 Å². The number of amides is 2. The van der Waals surface area contributed by atoms with Crippen LogP contribution in [0.25, 0.3) is 6.08 Å². The number of nitrogens with zero attached hydrogens (tertiary/aromatic N) is 1. The molecule has 2 amide bonds. The number of carbonyl (C=O) groups excluding carboxylic acids is 3. The predicted molar refractivity (Wildman–Crippen MR) is 137 cm³/mol. The lowest BCUT2D eigenvalue weighted by Crippen LogP contribution is -2.39. The first kappa shape index (κ1) is 24.1. The Bertz CT molecular complexity index is 1350. The summed E-state index contributed by atoms with van der Waals surface area (Å²) >= 11 is 4.91. The van der Waals surface area contributed by atoms with Gasteiger partial charge in [-0.05, 0) is 55.3 Å². The molecule has 0 bridgehead atoms. The lowest BCUT2D eigenvalue weighted by molar-refractivity contribution is -0.128. The molecule has 0 fully saturated rings. The Labute approximate surface area is 219 Å². The molecule has 9 nitrogen and oxygen atoms in total. The maximum atomic E-state index is 13.2. The number of hydrogen-bond acceptors (Lipinski definition) is 8. The van der Waals surface area contributed by atoms with Gasteiger partial charge in [-0.25, -0.2) is 9.59 Å². The summed E-state index contributed by atoms with van der Waals surface area (Å²) in [6, 6.07) is 8.66. The molecule has 0 saturated carbocycles. The van der Waals surface area contributed by atoms with Crippen molar-refractivity contribution >= 4 is 56.3 Å². The summed E-state index contributed by atoms with van der Waals surface area (Å²) in [5.74, 6) is 0.0394. The van der Waals surface area contributed by atoms with Gasteiger partial charge in [0.25, 0.3) is 5.91 Å². The van der Waals surface area contributed by atoms with Crippen LogP contribution in [0.15, 0.2) is 51.6 Å². The topological polar surface area (TPSA) is 110 Å². The highest BCUT2D eigenvalue weighted by Gasteiger charge is 2.35. The maximum Gasteiger partial charge on any atom is 0.410 e. The van der Waals surface area contributed by atoms with E-state index in [1.807, 2.05) is 0 Å². The van der Waals surface area contributed by atoms with E-state index in [9.17, 15) is 14.4 Å². The van der Waals surface area contributed by atoms with Gasteiger partial charge in [-0.15, -0.1) is 11.3 Å². The van der Waals surface area contributed by atoms with Crippen LogP contribution in [0.4, 0.5) is 9.80 Å². The molecule has 3 aromatic rings. The minimum atomic E-state index is -0.624. The molecular formula is C25H22BrN3O6S. The quantitative estimate of drug-likeness (QED) is 0.249. The second-order valence-electron chi connectivity index (χ2n) is 8.08. The van der Waals surface area contributed by atoms with Crippen molar-refractivity contribution in [1.29, 1.82) is 0 Å². The fourth-order valence-corrected chi connectivity index (χ4v) is 5.83. The molecule has 2 N–H and O–H groups in total. The summed E-state index contributed by atoms with van der Waals surface area (Å²) in [7, 11) is 0.